The Balaban J connectivity index is 1.52. The highest BCUT2D eigenvalue weighted by Crippen LogP contribution is 2.40. The van der Waals surface area contributed by atoms with Crippen LogP contribution in [-0.2, 0) is 0 Å². The van der Waals surface area contributed by atoms with Crippen molar-refractivity contribution in [3.63, 3.8) is 0 Å². The molecule has 0 aliphatic rings. The molecule has 0 N–H and O–H groups in total. The van der Waals surface area contributed by atoms with E-state index in [1.165, 1.54) is 10.8 Å². The monoisotopic (exact) mass is 475 g/mol. The second kappa shape index (κ2) is 7.70. The molecule has 0 saturated carbocycles. The molecule has 0 aliphatic heterocycles. The Labute approximate surface area is 212 Å². The van der Waals surface area contributed by atoms with Crippen LogP contribution in [0, 0.1) is 0 Å². The molecule has 8 rings (SSSR count). The fourth-order valence-electron chi connectivity index (χ4n) is 5.65. The maximum Gasteiger partial charge on any atom is 0.159 e. The van der Waals surface area contributed by atoms with Gasteiger partial charge in [0, 0.05) is 39.5 Å². The van der Waals surface area contributed by atoms with Gasteiger partial charge in [-0.1, -0.05) is 91.0 Å². The molecule has 0 radical (unpaired) electrons. The van der Waals surface area contributed by atoms with E-state index in [0.717, 1.165) is 55.7 Å². The molecular formula is C33H21N3O. The normalized spacial score (nSPS) is 11.8. The Morgan fingerprint density at radius 2 is 1.27 bits per heavy atom. The lowest BCUT2D eigenvalue weighted by Crippen LogP contribution is -2.01. The van der Waals surface area contributed by atoms with E-state index >= 15 is 0 Å². The van der Waals surface area contributed by atoms with Crippen molar-refractivity contribution >= 4 is 43.7 Å². The SMILES string of the molecule is c1ccc(-c2nccn2-c2cccc3c4ccccc4n(-c4cccc5c4oc4ccccc45)c23)cc1. The number of para-hydroxylation sites is 4. The third-order valence-corrected chi connectivity index (χ3v) is 7.23. The summed E-state index contributed by atoms with van der Waals surface area (Å²) in [5, 5.41) is 4.63. The highest BCUT2D eigenvalue weighted by molar-refractivity contribution is 6.14. The van der Waals surface area contributed by atoms with Crippen LogP contribution in [-0.4, -0.2) is 14.1 Å². The average Bonchev–Trinajstić information content (AvgIpc) is 3.68. The lowest BCUT2D eigenvalue weighted by atomic mass is 10.1. The van der Waals surface area contributed by atoms with Crippen LogP contribution in [0.25, 0.3) is 66.5 Å². The van der Waals surface area contributed by atoms with Gasteiger partial charge in [0.05, 0.1) is 22.4 Å². The molecule has 3 heterocycles. The molecule has 0 bridgehead atoms. The van der Waals surface area contributed by atoms with E-state index in [0.29, 0.717) is 0 Å². The lowest BCUT2D eigenvalue weighted by Gasteiger charge is -2.14. The molecule has 3 aromatic heterocycles. The predicted molar refractivity (Wildman–Crippen MR) is 151 cm³/mol. The Hall–Kier alpha value is -5.09. The summed E-state index contributed by atoms with van der Waals surface area (Å²) in [6, 6.07) is 40.1. The first-order valence-corrected chi connectivity index (χ1v) is 12.4. The standard InChI is InChI=1S/C33H21N3O/c1-2-10-22(11-3-1)33-34-20-21-35(33)28-17-8-14-25-23-12-4-6-16-27(23)36(31(25)28)29-18-9-15-26-24-13-5-7-19-30(24)37-32(26)29/h1-21H. The van der Waals surface area contributed by atoms with E-state index < -0.39 is 0 Å². The summed E-state index contributed by atoms with van der Waals surface area (Å²) in [6.45, 7) is 0. The van der Waals surface area contributed by atoms with Gasteiger partial charge < -0.3 is 8.98 Å². The predicted octanol–water partition coefficient (Wildman–Crippen LogP) is 8.54. The van der Waals surface area contributed by atoms with E-state index in [1.807, 2.05) is 42.7 Å². The van der Waals surface area contributed by atoms with Gasteiger partial charge in [-0.15, -0.1) is 0 Å². The van der Waals surface area contributed by atoms with Gasteiger partial charge in [0.25, 0.3) is 0 Å². The lowest BCUT2D eigenvalue weighted by molar-refractivity contribution is 0.666. The molecule has 0 unspecified atom stereocenters. The topological polar surface area (TPSA) is 35.9 Å². The molecule has 4 heteroatoms. The van der Waals surface area contributed by atoms with E-state index in [-0.39, 0.29) is 0 Å². The highest BCUT2D eigenvalue weighted by Gasteiger charge is 2.21. The van der Waals surface area contributed by atoms with Gasteiger partial charge in [-0.2, -0.15) is 0 Å². The summed E-state index contributed by atoms with van der Waals surface area (Å²) in [7, 11) is 0. The molecule has 0 fully saturated rings. The van der Waals surface area contributed by atoms with Gasteiger partial charge >= 0.3 is 0 Å². The third kappa shape index (κ3) is 2.87. The Kier molecular flexibility index (Phi) is 4.19. The van der Waals surface area contributed by atoms with Crippen LogP contribution in [0.1, 0.15) is 0 Å². The van der Waals surface area contributed by atoms with Crippen molar-refractivity contribution in [3.05, 3.63) is 128 Å². The Morgan fingerprint density at radius 1 is 0.568 bits per heavy atom. The number of furan rings is 1. The largest absolute Gasteiger partial charge is 0.454 e. The quantitative estimate of drug-likeness (QED) is 0.257. The second-order valence-electron chi connectivity index (χ2n) is 9.26. The van der Waals surface area contributed by atoms with Crippen molar-refractivity contribution in [1.82, 2.24) is 14.1 Å². The van der Waals surface area contributed by atoms with Crippen molar-refractivity contribution in [2.24, 2.45) is 0 Å². The number of imidazole rings is 1. The maximum absolute atomic E-state index is 6.49. The van der Waals surface area contributed by atoms with E-state index in [4.69, 9.17) is 9.40 Å². The zero-order chi connectivity index (χ0) is 24.3. The minimum atomic E-state index is 0.884. The fourth-order valence-corrected chi connectivity index (χ4v) is 5.65. The summed E-state index contributed by atoms with van der Waals surface area (Å²) >= 11 is 0. The van der Waals surface area contributed by atoms with Gasteiger partial charge in [0.2, 0.25) is 0 Å². The summed E-state index contributed by atoms with van der Waals surface area (Å²) in [6.07, 6.45) is 3.91. The van der Waals surface area contributed by atoms with E-state index in [9.17, 15) is 0 Å². The van der Waals surface area contributed by atoms with Crippen LogP contribution >= 0.6 is 0 Å². The van der Waals surface area contributed by atoms with Crippen LogP contribution in [0.3, 0.4) is 0 Å². The summed E-state index contributed by atoms with van der Waals surface area (Å²) < 4.78 is 11.0. The first kappa shape index (κ1) is 20.1. The average molecular weight is 476 g/mol. The molecule has 4 nitrogen and oxygen atoms in total. The van der Waals surface area contributed by atoms with Crippen molar-refractivity contribution < 1.29 is 4.42 Å². The van der Waals surface area contributed by atoms with E-state index in [1.54, 1.807) is 0 Å². The van der Waals surface area contributed by atoms with Gasteiger partial charge in [-0.25, -0.2) is 4.98 Å². The van der Waals surface area contributed by atoms with Crippen LogP contribution in [0.15, 0.2) is 132 Å². The van der Waals surface area contributed by atoms with Crippen LogP contribution < -0.4 is 0 Å². The van der Waals surface area contributed by atoms with Gasteiger partial charge in [0.1, 0.15) is 11.4 Å². The van der Waals surface area contributed by atoms with Crippen LogP contribution in [0.4, 0.5) is 0 Å². The maximum atomic E-state index is 6.49. The van der Waals surface area contributed by atoms with Crippen LogP contribution in [0.2, 0.25) is 0 Å². The number of hydrogen-bond acceptors (Lipinski definition) is 2. The number of fused-ring (bicyclic) bond motifs is 6. The van der Waals surface area contributed by atoms with Crippen molar-refractivity contribution in [3.8, 4) is 22.8 Å². The number of aromatic nitrogens is 3. The molecule has 0 saturated heterocycles. The number of rotatable bonds is 3. The minimum absolute atomic E-state index is 0.884. The molecule has 8 aromatic rings. The molecule has 0 atom stereocenters. The number of hydrogen-bond donors (Lipinski definition) is 0. The molecule has 5 aromatic carbocycles. The molecule has 174 valence electrons. The third-order valence-electron chi connectivity index (χ3n) is 7.23. The molecule has 0 aliphatic carbocycles. The summed E-state index contributed by atoms with van der Waals surface area (Å²) in [5.41, 5.74) is 7.20. The Bertz CT molecular complexity index is 2090. The first-order chi connectivity index (χ1) is 18.4. The Morgan fingerprint density at radius 3 is 2.16 bits per heavy atom. The zero-order valence-electron chi connectivity index (χ0n) is 19.9. The molecule has 37 heavy (non-hydrogen) atoms. The van der Waals surface area contributed by atoms with Gasteiger partial charge in [-0.3, -0.25) is 4.57 Å². The minimum Gasteiger partial charge on any atom is -0.454 e. The molecular weight excluding hydrogens is 454 g/mol. The van der Waals surface area contributed by atoms with E-state index in [2.05, 4.69) is 94.1 Å². The van der Waals surface area contributed by atoms with Crippen molar-refractivity contribution in [2.75, 3.05) is 0 Å². The smallest absolute Gasteiger partial charge is 0.159 e. The van der Waals surface area contributed by atoms with Crippen molar-refractivity contribution in [1.29, 1.82) is 0 Å². The number of nitrogens with zero attached hydrogens (tertiary/aromatic N) is 3. The summed E-state index contributed by atoms with van der Waals surface area (Å²) in [4.78, 5) is 4.74. The molecule has 0 spiro atoms. The molecule has 0 amide bonds. The summed E-state index contributed by atoms with van der Waals surface area (Å²) in [5.74, 6) is 0.909. The first-order valence-electron chi connectivity index (χ1n) is 12.4. The van der Waals surface area contributed by atoms with Crippen LogP contribution in [0.5, 0.6) is 0 Å². The van der Waals surface area contributed by atoms with Crippen molar-refractivity contribution in [2.45, 2.75) is 0 Å². The zero-order valence-corrected chi connectivity index (χ0v) is 19.9. The highest BCUT2D eigenvalue weighted by atomic mass is 16.3. The van der Waals surface area contributed by atoms with Gasteiger partial charge in [0.15, 0.2) is 5.58 Å². The second-order valence-corrected chi connectivity index (χ2v) is 9.26. The fraction of sp³-hybridized carbons (Fsp3) is 0. The van der Waals surface area contributed by atoms with Gasteiger partial charge in [-0.05, 0) is 24.3 Å². The number of benzene rings is 5.